The number of anilines is 1. The van der Waals surface area contributed by atoms with E-state index in [4.69, 9.17) is 4.74 Å². The lowest BCUT2D eigenvalue weighted by Crippen LogP contribution is -2.37. The molecular formula is C21H18FN5O2S. The molecule has 0 unspecified atom stereocenters. The Balaban J connectivity index is 1.53. The van der Waals surface area contributed by atoms with E-state index in [-0.39, 0.29) is 11.7 Å². The number of benzene rings is 1. The van der Waals surface area contributed by atoms with E-state index < -0.39 is 6.17 Å². The molecule has 30 heavy (non-hydrogen) atoms. The van der Waals surface area contributed by atoms with Gasteiger partial charge in [0, 0.05) is 30.0 Å². The van der Waals surface area contributed by atoms with Crippen molar-refractivity contribution in [2.45, 2.75) is 19.7 Å². The van der Waals surface area contributed by atoms with E-state index >= 15 is 0 Å². The van der Waals surface area contributed by atoms with Gasteiger partial charge < -0.3 is 15.4 Å². The summed E-state index contributed by atoms with van der Waals surface area (Å²) in [4.78, 5) is 18.8. The molecule has 4 heterocycles. The van der Waals surface area contributed by atoms with E-state index in [9.17, 15) is 9.18 Å². The molecule has 0 fully saturated rings. The van der Waals surface area contributed by atoms with Gasteiger partial charge in [-0.1, -0.05) is 0 Å². The third kappa shape index (κ3) is 3.12. The fraction of sp³-hybridized carbons (Fsp3) is 0.190. The predicted octanol–water partition coefficient (Wildman–Crippen LogP) is 3.93. The number of carbonyl (C=O) groups excluding carboxylic acids is 1. The van der Waals surface area contributed by atoms with Crippen LogP contribution in [0.4, 0.5) is 10.1 Å². The number of aryl methyl sites for hydroxylation is 1. The van der Waals surface area contributed by atoms with E-state index in [1.807, 2.05) is 19.2 Å². The van der Waals surface area contributed by atoms with Crippen molar-refractivity contribution in [1.82, 2.24) is 20.1 Å². The highest BCUT2D eigenvalue weighted by Crippen LogP contribution is 2.41. The van der Waals surface area contributed by atoms with Gasteiger partial charge in [0.15, 0.2) is 0 Å². The fourth-order valence-electron chi connectivity index (χ4n) is 3.64. The van der Waals surface area contributed by atoms with Gasteiger partial charge in [-0.25, -0.2) is 14.1 Å². The van der Waals surface area contributed by atoms with Crippen molar-refractivity contribution in [3.05, 3.63) is 70.2 Å². The van der Waals surface area contributed by atoms with Crippen LogP contribution < -0.4 is 10.6 Å². The van der Waals surface area contributed by atoms with E-state index in [0.717, 1.165) is 38.4 Å². The topological polar surface area (TPSA) is 81.1 Å². The average Bonchev–Trinajstić information content (AvgIpc) is 3.34. The van der Waals surface area contributed by atoms with Crippen LogP contribution in [0.25, 0.3) is 15.9 Å². The van der Waals surface area contributed by atoms with Crippen molar-refractivity contribution in [3.63, 3.8) is 0 Å². The molecule has 1 amide bonds. The number of halogens is 1. The number of carbonyl (C=O) groups is 1. The highest BCUT2D eigenvalue weighted by Gasteiger charge is 2.31. The van der Waals surface area contributed by atoms with Crippen molar-refractivity contribution < 1.29 is 13.9 Å². The van der Waals surface area contributed by atoms with E-state index in [1.165, 1.54) is 23.5 Å². The Hall–Kier alpha value is -3.30. The largest absolute Gasteiger partial charge is 0.380 e. The van der Waals surface area contributed by atoms with Crippen LogP contribution in [0.2, 0.25) is 0 Å². The van der Waals surface area contributed by atoms with Crippen molar-refractivity contribution in [2.24, 2.45) is 0 Å². The Morgan fingerprint density at radius 2 is 2.07 bits per heavy atom. The fourth-order valence-corrected chi connectivity index (χ4v) is 4.78. The van der Waals surface area contributed by atoms with Crippen LogP contribution in [0.5, 0.6) is 0 Å². The standard InChI is InChI=1S/C21H18FN5O2S/c1-11-7-12(10-29-2)16-17-18(30-21(16)24-11)20(28)26-19(25-17)13-8-23-27(9-13)15-5-3-14(22)4-6-15/h3-9,19,25H,10H2,1-2H3,(H,26,28)/t19-/m0/s1. The number of nitrogens with zero attached hydrogens (tertiary/aromatic N) is 3. The number of nitrogens with one attached hydrogen (secondary N) is 2. The first-order valence-electron chi connectivity index (χ1n) is 9.33. The lowest BCUT2D eigenvalue weighted by atomic mass is 10.1. The molecular weight excluding hydrogens is 405 g/mol. The summed E-state index contributed by atoms with van der Waals surface area (Å²) >= 11 is 1.37. The number of rotatable bonds is 4. The minimum Gasteiger partial charge on any atom is -0.380 e. The van der Waals surface area contributed by atoms with Gasteiger partial charge in [0.1, 0.15) is 21.7 Å². The van der Waals surface area contributed by atoms with Crippen molar-refractivity contribution in [1.29, 1.82) is 0 Å². The summed E-state index contributed by atoms with van der Waals surface area (Å²) in [6.45, 7) is 2.36. The van der Waals surface area contributed by atoms with Crippen LogP contribution in [0.3, 0.4) is 0 Å². The van der Waals surface area contributed by atoms with E-state index in [1.54, 1.807) is 30.1 Å². The Bertz CT molecular complexity index is 1260. The number of methoxy groups -OCH3 is 1. The molecule has 5 rings (SSSR count). The molecule has 0 saturated heterocycles. The van der Waals surface area contributed by atoms with E-state index in [2.05, 4.69) is 20.7 Å². The molecule has 3 aromatic heterocycles. The maximum absolute atomic E-state index is 13.2. The van der Waals surface area contributed by atoms with Crippen LogP contribution in [0.15, 0.2) is 42.7 Å². The summed E-state index contributed by atoms with van der Waals surface area (Å²) in [6, 6.07) is 8.04. The van der Waals surface area contributed by atoms with Gasteiger partial charge in [0.05, 0.1) is 24.2 Å². The number of aromatic nitrogens is 3. The first-order valence-corrected chi connectivity index (χ1v) is 10.1. The number of pyridine rings is 1. The molecule has 7 nitrogen and oxygen atoms in total. The van der Waals surface area contributed by atoms with Gasteiger partial charge in [-0.05, 0) is 42.8 Å². The highest BCUT2D eigenvalue weighted by atomic mass is 32.1. The molecule has 1 aromatic carbocycles. The quantitative estimate of drug-likeness (QED) is 0.520. The summed E-state index contributed by atoms with van der Waals surface area (Å²) in [6.07, 6.45) is 3.04. The van der Waals surface area contributed by atoms with Crippen LogP contribution in [-0.4, -0.2) is 27.8 Å². The minimum atomic E-state index is -0.450. The summed E-state index contributed by atoms with van der Waals surface area (Å²) < 4.78 is 20.2. The number of amides is 1. The van der Waals surface area contributed by atoms with Crippen molar-refractivity contribution >= 4 is 33.1 Å². The number of hydrogen-bond donors (Lipinski definition) is 2. The molecule has 152 valence electrons. The molecule has 9 heteroatoms. The van der Waals surface area contributed by atoms with Gasteiger partial charge in [-0.2, -0.15) is 5.10 Å². The second kappa shape index (κ2) is 7.19. The molecule has 4 aromatic rings. The summed E-state index contributed by atoms with van der Waals surface area (Å²) in [5, 5.41) is 11.7. The van der Waals surface area contributed by atoms with Crippen molar-refractivity contribution in [3.8, 4) is 5.69 Å². The zero-order valence-electron chi connectivity index (χ0n) is 16.3. The molecule has 0 aliphatic carbocycles. The first-order chi connectivity index (χ1) is 14.5. The lowest BCUT2D eigenvalue weighted by molar-refractivity contribution is 0.0940. The Morgan fingerprint density at radius 3 is 2.83 bits per heavy atom. The summed E-state index contributed by atoms with van der Waals surface area (Å²) in [7, 11) is 1.65. The minimum absolute atomic E-state index is 0.160. The van der Waals surface area contributed by atoms with E-state index in [0.29, 0.717) is 11.5 Å². The summed E-state index contributed by atoms with van der Waals surface area (Å²) in [5.41, 5.74) is 4.14. The molecule has 1 aliphatic heterocycles. The second-order valence-electron chi connectivity index (χ2n) is 7.09. The Labute approximate surface area is 175 Å². The third-order valence-electron chi connectivity index (χ3n) is 4.97. The Morgan fingerprint density at radius 1 is 1.27 bits per heavy atom. The molecule has 1 atom stereocenters. The lowest BCUT2D eigenvalue weighted by Gasteiger charge is -2.25. The van der Waals surface area contributed by atoms with Crippen molar-refractivity contribution in [2.75, 3.05) is 12.4 Å². The molecule has 0 bridgehead atoms. The second-order valence-corrected chi connectivity index (χ2v) is 8.09. The van der Waals surface area contributed by atoms with Crippen LogP contribution in [0, 0.1) is 12.7 Å². The van der Waals surface area contributed by atoms with Gasteiger partial charge in [0.25, 0.3) is 5.91 Å². The third-order valence-corrected chi connectivity index (χ3v) is 6.05. The molecule has 0 spiro atoms. The predicted molar refractivity (Wildman–Crippen MR) is 112 cm³/mol. The van der Waals surface area contributed by atoms with Gasteiger partial charge >= 0.3 is 0 Å². The normalized spacial score (nSPS) is 15.7. The number of thiophene rings is 1. The number of ether oxygens (including phenoxy) is 1. The molecule has 0 saturated carbocycles. The van der Waals surface area contributed by atoms with Crippen LogP contribution >= 0.6 is 11.3 Å². The summed E-state index contributed by atoms with van der Waals surface area (Å²) in [5.74, 6) is -0.466. The number of hydrogen-bond acceptors (Lipinski definition) is 6. The smallest absolute Gasteiger partial charge is 0.265 e. The monoisotopic (exact) mass is 423 g/mol. The maximum Gasteiger partial charge on any atom is 0.265 e. The molecule has 1 aliphatic rings. The number of fused-ring (bicyclic) bond motifs is 3. The zero-order chi connectivity index (χ0) is 20.8. The van der Waals surface area contributed by atoms with Gasteiger partial charge in [-0.3, -0.25) is 4.79 Å². The van der Waals surface area contributed by atoms with Crippen LogP contribution in [0.1, 0.15) is 32.7 Å². The average molecular weight is 423 g/mol. The van der Waals surface area contributed by atoms with Crippen LogP contribution in [-0.2, 0) is 11.3 Å². The highest BCUT2D eigenvalue weighted by molar-refractivity contribution is 7.21. The SMILES string of the molecule is COCc1cc(C)nc2sc3c(c12)N[C@H](c1cnn(-c2ccc(F)cc2)c1)NC3=O. The molecule has 2 N–H and O–H groups in total. The van der Waals surface area contributed by atoms with Gasteiger partial charge in [-0.15, -0.1) is 11.3 Å². The molecule has 0 radical (unpaired) electrons. The zero-order valence-corrected chi connectivity index (χ0v) is 17.1. The maximum atomic E-state index is 13.2. The van der Waals surface area contributed by atoms with Gasteiger partial charge in [0.2, 0.25) is 0 Å². The first kappa shape index (κ1) is 18.7. The Kier molecular flexibility index (Phi) is 4.48.